The van der Waals surface area contributed by atoms with Gasteiger partial charge in [0, 0.05) is 0 Å². The molecule has 1 amide bonds. The van der Waals surface area contributed by atoms with Gasteiger partial charge in [-0.1, -0.05) is 6.58 Å². The third kappa shape index (κ3) is 8.70. The number of hydrogen-bond acceptors (Lipinski definition) is 5. The molecule has 8 nitrogen and oxygen atoms in total. The first-order valence-electron chi connectivity index (χ1n) is 7.49. The highest BCUT2D eigenvalue weighted by atomic mass is 32.3. The van der Waals surface area contributed by atoms with E-state index in [0.29, 0.717) is 10.7 Å². The molecule has 0 saturated carbocycles. The molecule has 0 unspecified atom stereocenters. The van der Waals surface area contributed by atoms with Crippen molar-refractivity contribution >= 4 is 26.0 Å². The maximum absolute atomic E-state index is 12.3. The second kappa shape index (κ2) is 10.1. The number of halogens is 10. The Hall–Kier alpha value is -1.67. The molecule has 0 fully saturated rings. The zero-order valence-corrected chi connectivity index (χ0v) is 17.9. The molecule has 0 heterocycles. The van der Waals surface area contributed by atoms with E-state index < -0.39 is 42.9 Å². The average Bonchev–Trinajstić information content (AvgIpc) is 2.50. The van der Waals surface area contributed by atoms with Gasteiger partial charge in [0.2, 0.25) is 5.91 Å². The van der Waals surface area contributed by atoms with Gasteiger partial charge in [-0.05, 0) is 6.08 Å². The summed E-state index contributed by atoms with van der Waals surface area (Å²) in [5.74, 6) is -0.0987. The number of likely N-dealkylation sites (N-methyl/N-ethyl adjacent to an activating group) is 1. The summed E-state index contributed by atoms with van der Waals surface area (Å²) in [5, 5.41) is -11.3. The van der Waals surface area contributed by atoms with Crippen molar-refractivity contribution in [2.24, 2.45) is 0 Å². The monoisotopic (exact) mass is 537 g/mol. The van der Waals surface area contributed by atoms with Crippen LogP contribution in [0.1, 0.15) is 0 Å². The summed E-state index contributed by atoms with van der Waals surface area (Å²) in [7, 11) is -8.99. The standard InChI is InChI=1S/C8H16N2O.C4F10NO4S2/c1-5-8(11)9-6-7-10(2,3)4;5-1(6,7)3(11,12)20(16,17)15-21(18,19)4(13,14)2(8,9)10/h5H,1,6-7H2,2-4H3;/q;-1/p+1. The van der Waals surface area contributed by atoms with Crippen LogP contribution in [0.25, 0.3) is 4.13 Å². The predicted molar refractivity (Wildman–Crippen MR) is 89.3 cm³/mol. The number of amides is 1. The topological polar surface area (TPSA) is 111 Å². The highest BCUT2D eigenvalue weighted by molar-refractivity contribution is 8.13. The minimum absolute atomic E-state index is 0.0987. The molecule has 0 aromatic carbocycles. The summed E-state index contributed by atoms with van der Waals surface area (Å²) in [5.41, 5.74) is 0. The summed E-state index contributed by atoms with van der Waals surface area (Å²) in [6, 6.07) is 0. The number of quaternary nitrogens is 1. The van der Waals surface area contributed by atoms with Crippen LogP contribution >= 0.6 is 0 Å². The van der Waals surface area contributed by atoms with Gasteiger partial charge in [-0.15, -0.1) is 0 Å². The molecular weight excluding hydrogens is 520 g/mol. The Balaban J connectivity index is 0. The molecule has 0 aromatic rings. The summed E-state index contributed by atoms with van der Waals surface area (Å²) in [6.45, 7) is 4.99. The van der Waals surface area contributed by atoms with E-state index in [1.54, 1.807) is 0 Å². The van der Waals surface area contributed by atoms with Crippen LogP contribution in [-0.4, -0.2) is 84.3 Å². The zero-order chi connectivity index (χ0) is 26.6. The number of nitrogens with zero attached hydrogens (tertiary/aromatic N) is 2. The quantitative estimate of drug-likeness (QED) is 0.290. The van der Waals surface area contributed by atoms with Crippen LogP contribution in [0.15, 0.2) is 12.7 Å². The van der Waals surface area contributed by atoms with E-state index in [4.69, 9.17) is 0 Å². The molecule has 0 atom stereocenters. The Bertz CT molecular complexity index is 821. The lowest BCUT2D eigenvalue weighted by Crippen LogP contribution is -2.48. The molecule has 192 valence electrons. The third-order valence-corrected chi connectivity index (χ3v) is 6.10. The van der Waals surface area contributed by atoms with Crippen molar-refractivity contribution in [3.05, 3.63) is 16.8 Å². The van der Waals surface area contributed by atoms with Crippen molar-refractivity contribution in [1.82, 2.24) is 5.32 Å². The van der Waals surface area contributed by atoms with Crippen LogP contribution in [-0.2, 0) is 24.8 Å². The maximum atomic E-state index is 12.3. The third-order valence-electron chi connectivity index (χ3n) is 2.77. The molecule has 0 aliphatic heterocycles. The van der Waals surface area contributed by atoms with Crippen LogP contribution in [0.5, 0.6) is 0 Å². The number of hydrogen-bond donors (Lipinski definition) is 1. The number of sulfonamides is 2. The number of carbonyl (C=O) groups is 1. The first kappa shape index (κ1) is 32.5. The first-order valence-corrected chi connectivity index (χ1v) is 10.4. The second-order valence-electron chi connectivity index (χ2n) is 6.56. The van der Waals surface area contributed by atoms with Crippen LogP contribution < -0.4 is 5.32 Å². The van der Waals surface area contributed by atoms with Gasteiger partial charge < -0.3 is 13.9 Å². The SMILES string of the molecule is C=CC(=O)NCC[N+](C)(C)C.O=S(=O)([N-]S(=O)(=O)C(F)(F)C(F)(F)F)C(F)(F)C(F)(F)F. The summed E-state index contributed by atoms with van der Waals surface area (Å²) >= 11 is 0. The number of carbonyl (C=O) groups excluding carboxylic acids is 1. The molecule has 0 radical (unpaired) electrons. The van der Waals surface area contributed by atoms with Gasteiger partial charge in [0.1, 0.15) is 0 Å². The lowest BCUT2D eigenvalue weighted by molar-refractivity contribution is -0.869. The summed E-state index contributed by atoms with van der Waals surface area (Å²) in [4.78, 5) is 10.7. The maximum Gasteiger partial charge on any atom is 0.467 e. The van der Waals surface area contributed by atoms with E-state index in [1.165, 1.54) is 6.08 Å². The highest BCUT2D eigenvalue weighted by Gasteiger charge is 2.68. The molecular formula is C12H17F10N3O5S2. The normalized spacial score (nSPS) is 14.3. The Labute approximate surface area is 175 Å². The van der Waals surface area contributed by atoms with E-state index >= 15 is 0 Å². The Morgan fingerprint density at radius 2 is 1.16 bits per heavy atom. The van der Waals surface area contributed by atoms with Gasteiger partial charge in [-0.25, -0.2) is 16.8 Å². The molecule has 20 heteroatoms. The first-order chi connectivity index (χ1) is 13.7. The van der Waals surface area contributed by atoms with Crippen molar-refractivity contribution in [3.63, 3.8) is 0 Å². The summed E-state index contributed by atoms with van der Waals surface area (Å²) < 4.78 is 162. The van der Waals surface area contributed by atoms with E-state index in [-0.39, 0.29) is 5.91 Å². The minimum atomic E-state index is -7.62. The van der Waals surface area contributed by atoms with Gasteiger partial charge in [0.25, 0.3) is 0 Å². The molecule has 1 N–H and O–H groups in total. The Kier molecular flexibility index (Phi) is 10.2. The van der Waals surface area contributed by atoms with Crippen molar-refractivity contribution < 1.29 is 70.0 Å². The zero-order valence-electron chi connectivity index (χ0n) is 16.2. The lowest BCUT2D eigenvalue weighted by Gasteiger charge is -2.31. The lowest BCUT2D eigenvalue weighted by atomic mass is 10.5. The van der Waals surface area contributed by atoms with Gasteiger partial charge in [0.05, 0.1) is 34.2 Å². The summed E-state index contributed by atoms with van der Waals surface area (Å²) in [6.07, 6.45) is -12.7. The predicted octanol–water partition coefficient (Wildman–Crippen LogP) is 2.32. The number of alkyl halides is 10. The van der Waals surface area contributed by atoms with E-state index in [1.807, 2.05) is 0 Å². The minimum Gasteiger partial charge on any atom is -0.425 e. The molecule has 0 aliphatic rings. The highest BCUT2D eigenvalue weighted by Crippen LogP contribution is 2.47. The second-order valence-corrected chi connectivity index (χ2v) is 10.1. The Morgan fingerprint density at radius 1 is 0.844 bits per heavy atom. The van der Waals surface area contributed by atoms with Gasteiger partial charge >= 0.3 is 22.9 Å². The van der Waals surface area contributed by atoms with Crippen LogP contribution in [0.4, 0.5) is 43.9 Å². The Morgan fingerprint density at radius 3 is 1.38 bits per heavy atom. The van der Waals surface area contributed by atoms with Crippen LogP contribution in [0.3, 0.4) is 0 Å². The van der Waals surface area contributed by atoms with E-state index in [2.05, 4.69) is 33.0 Å². The smallest absolute Gasteiger partial charge is 0.425 e. The molecule has 0 aliphatic carbocycles. The molecule has 0 saturated heterocycles. The fourth-order valence-corrected chi connectivity index (χ4v) is 3.47. The van der Waals surface area contributed by atoms with Crippen molar-refractivity contribution in [2.75, 3.05) is 34.2 Å². The fraction of sp³-hybridized carbons (Fsp3) is 0.750. The fourth-order valence-electron chi connectivity index (χ4n) is 1.10. The van der Waals surface area contributed by atoms with Crippen molar-refractivity contribution in [3.8, 4) is 0 Å². The van der Waals surface area contributed by atoms with Gasteiger partial charge in [0.15, 0.2) is 20.0 Å². The molecule has 0 rings (SSSR count). The van der Waals surface area contributed by atoms with Crippen LogP contribution in [0, 0.1) is 0 Å². The van der Waals surface area contributed by atoms with E-state index in [9.17, 15) is 65.5 Å². The van der Waals surface area contributed by atoms with Gasteiger partial charge in [-0.2, -0.15) is 43.9 Å². The number of nitrogens with one attached hydrogen (secondary N) is 1. The molecule has 32 heavy (non-hydrogen) atoms. The van der Waals surface area contributed by atoms with Crippen molar-refractivity contribution in [2.45, 2.75) is 22.9 Å². The van der Waals surface area contributed by atoms with Gasteiger partial charge in [-0.3, -0.25) is 4.79 Å². The molecule has 0 bridgehead atoms. The van der Waals surface area contributed by atoms with Crippen molar-refractivity contribution in [1.29, 1.82) is 0 Å². The number of rotatable bonds is 8. The van der Waals surface area contributed by atoms with Crippen LogP contribution in [0.2, 0.25) is 0 Å². The largest absolute Gasteiger partial charge is 0.467 e. The molecule has 0 aromatic heterocycles. The average molecular weight is 537 g/mol. The van der Waals surface area contributed by atoms with E-state index in [0.717, 1.165) is 11.0 Å². The molecule has 0 spiro atoms.